The zero-order chi connectivity index (χ0) is 17.5. The highest BCUT2D eigenvalue weighted by molar-refractivity contribution is 5.75. The number of benzene rings is 1. The Morgan fingerprint density at radius 2 is 2.12 bits per heavy atom. The van der Waals surface area contributed by atoms with Gasteiger partial charge in [-0.25, -0.2) is 4.79 Å². The Morgan fingerprint density at radius 1 is 1.42 bits per heavy atom. The molecule has 0 aromatic heterocycles. The van der Waals surface area contributed by atoms with Crippen molar-refractivity contribution < 1.29 is 14.6 Å². The van der Waals surface area contributed by atoms with E-state index in [-0.39, 0.29) is 18.1 Å². The van der Waals surface area contributed by atoms with Gasteiger partial charge in [0, 0.05) is 12.6 Å². The number of nitrogens with zero attached hydrogens (tertiary/aromatic N) is 1. The molecule has 134 valence electrons. The van der Waals surface area contributed by atoms with Crippen molar-refractivity contribution in [2.24, 2.45) is 0 Å². The third-order valence-electron chi connectivity index (χ3n) is 4.52. The number of morpholine rings is 1. The molecule has 1 heterocycles. The van der Waals surface area contributed by atoms with Crippen LogP contribution in [0, 0.1) is 6.92 Å². The molecule has 0 radical (unpaired) electrons. The fourth-order valence-electron chi connectivity index (χ4n) is 3.07. The Hall–Kier alpha value is -1.59. The van der Waals surface area contributed by atoms with Gasteiger partial charge in [0.2, 0.25) is 0 Å². The molecule has 1 saturated heterocycles. The van der Waals surface area contributed by atoms with Crippen molar-refractivity contribution in [2.45, 2.75) is 58.2 Å². The molecule has 0 aliphatic carbocycles. The number of aryl methyl sites for hydroxylation is 1. The number of aliphatic hydroxyl groups is 1. The van der Waals surface area contributed by atoms with Crippen molar-refractivity contribution in [1.82, 2.24) is 10.2 Å². The van der Waals surface area contributed by atoms with Crippen molar-refractivity contribution in [3.05, 3.63) is 35.4 Å². The Kier molecular flexibility index (Phi) is 7.06. The van der Waals surface area contributed by atoms with E-state index in [2.05, 4.69) is 43.4 Å². The molecule has 1 aromatic rings. The molecule has 0 spiro atoms. The SMILES string of the molecule is CC[C@H](Cc1ccc(C)cc1)NC(=O)N1CCOC[C@H]1C[C@H](C)O. The lowest BCUT2D eigenvalue weighted by Gasteiger charge is -2.37. The van der Waals surface area contributed by atoms with Gasteiger partial charge in [-0.05, 0) is 38.7 Å². The first-order valence-electron chi connectivity index (χ1n) is 8.88. The van der Waals surface area contributed by atoms with Crippen molar-refractivity contribution in [1.29, 1.82) is 0 Å². The summed E-state index contributed by atoms with van der Waals surface area (Å²) in [5, 5.41) is 12.8. The van der Waals surface area contributed by atoms with E-state index < -0.39 is 6.10 Å². The number of hydrogen-bond acceptors (Lipinski definition) is 3. The first-order chi connectivity index (χ1) is 11.5. The van der Waals surface area contributed by atoms with E-state index in [1.54, 1.807) is 6.92 Å². The van der Waals surface area contributed by atoms with Crippen LogP contribution in [-0.4, -0.2) is 54.0 Å². The maximum Gasteiger partial charge on any atom is 0.318 e. The Bertz CT molecular complexity index is 516. The lowest BCUT2D eigenvalue weighted by atomic mass is 10.0. The minimum Gasteiger partial charge on any atom is -0.393 e. The number of aliphatic hydroxyl groups excluding tert-OH is 1. The van der Waals surface area contributed by atoms with Gasteiger partial charge in [-0.3, -0.25) is 0 Å². The lowest BCUT2D eigenvalue weighted by molar-refractivity contribution is -0.00483. The minimum absolute atomic E-state index is 0.0529. The van der Waals surface area contributed by atoms with Crippen molar-refractivity contribution in [3.8, 4) is 0 Å². The Balaban J connectivity index is 1.95. The summed E-state index contributed by atoms with van der Waals surface area (Å²) in [6.07, 6.45) is 1.81. The average Bonchev–Trinajstić information content (AvgIpc) is 2.56. The Labute approximate surface area is 145 Å². The number of rotatable bonds is 6. The summed E-state index contributed by atoms with van der Waals surface area (Å²) in [6.45, 7) is 7.53. The predicted octanol–water partition coefficient (Wildman–Crippen LogP) is 2.50. The summed E-state index contributed by atoms with van der Waals surface area (Å²) in [6, 6.07) is 8.44. The maximum atomic E-state index is 12.7. The van der Waals surface area contributed by atoms with Crippen LogP contribution >= 0.6 is 0 Å². The van der Waals surface area contributed by atoms with Crippen LogP contribution in [0.4, 0.5) is 4.79 Å². The quantitative estimate of drug-likeness (QED) is 0.840. The molecule has 1 aliphatic heterocycles. The molecule has 0 bridgehead atoms. The van der Waals surface area contributed by atoms with E-state index in [0.717, 1.165) is 12.8 Å². The van der Waals surface area contributed by atoms with E-state index in [9.17, 15) is 9.90 Å². The van der Waals surface area contributed by atoms with Crippen LogP contribution in [0.15, 0.2) is 24.3 Å². The molecule has 2 amide bonds. The zero-order valence-electron chi connectivity index (χ0n) is 15.0. The topological polar surface area (TPSA) is 61.8 Å². The van der Waals surface area contributed by atoms with Crippen LogP contribution < -0.4 is 5.32 Å². The van der Waals surface area contributed by atoms with Crippen LogP contribution in [0.5, 0.6) is 0 Å². The summed E-state index contributed by atoms with van der Waals surface area (Å²) >= 11 is 0. The van der Waals surface area contributed by atoms with Gasteiger partial charge < -0.3 is 20.1 Å². The molecule has 5 heteroatoms. The van der Waals surface area contributed by atoms with Crippen LogP contribution in [-0.2, 0) is 11.2 Å². The van der Waals surface area contributed by atoms with Gasteiger partial charge in [0.15, 0.2) is 0 Å². The molecule has 5 nitrogen and oxygen atoms in total. The number of urea groups is 1. The van der Waals surface area contributed by atoms with Crippen molar-refractivity contribution in [2.75, 3.05) is 19.8 Å². The normalized spacial score (nSPS) is 20.5. The van der Waals surface area contributed by atoms with E-state index in [1.807, 2.05) is 4.90 Å². The van der Waals surface area contributed by atoms with Crippen LogP contribution in [0.2, 0.25) is 0 Å². The number of amides is 2. The number of ether oxygens (including phenoxy) is 1. The summed E-state index contributed by atoms with van der Waals surface area (Å²) in [5.41, 5.74) is 2.47. The molecule has 24 heavy (non-hydrogen) atoms. The molecule has 2 N–H and O–H groups in total. The second-order valence-electron chi connectivity index (χ2n) is 6.75. The predicted molar refractivity (Wildman–Crippen MR) is 95.1 cm³/mol. The zero-order valence-corrected chi connectivity index (χ0v) is 15.0. The molecule has 0 saturated carbocycles. The van der Waals surface area contributed by atoms with Gasteiger partial charge in [0.05, 0.1) is 25.4 Å². The van der Waals surface area contributed by atoms with E-state index in [0.29, 0.717) is 26.2 Å². The third-order valence-corrected chi connectivity index (χ3v) is 4.52. The standard InChI is InChI=1S/C19H30N2O3/c1-4-17(12-16-7-5-14(2)6-8-16)20-19(23)21-9-10-24-13-18(21)11-15(3)22/h5-8,15,17-18,22H,4,9-13H2,1-3H3,(H,20,23)/t15-,17+,18+/m0/s1. The first kappa shape index (κ1) is 18.7. The van der Waals surface area contributed by atoms with E-state index in [1.165, 1.54) is 11.1 Å². The van der Waals surface area contributed by atoms with Gasteiger partial charge in [-0.1, -0.05) is 36.8 Å². The van der Waals surface area contributed by atoms with E-state index in [4.69, 9.17) is 4.74 Å². The van der Waals surface area contributed by atoms with Crippen molar-refractivity contribution >= 4 is 6.03 Å². The molecule has 1 fully saturated rings. The van der Waals surface area contributed by atoms with Gasteiger partial charge in [-0.2, -0.15) is 0 Å². The summed E-state index contributed by atoms with van der Waals surface area (Å²) in [4.78, 5) is 14.5. The largest absolute Gasteiger partial charge is 0.393 e. The molecule has 1 aliphatic rings. The molecule has 3 atom stereocenters. The highest BCUT2D eigenvalue weighted by Gasteiger charge is 2.29. The average molecular weight is 334 g/mol. The maximum absolute atomic E-state index is 12.7. The fraction of sp³-hybridized carbons (Fsp3) is 0.632. The van der Waals surface area contributed by atoms with Crippen LogP contribution in [0.25, 0.3) is 0 Å². The number of hydrogen-bond donors (Lipinski definition) is 2. The molecule has 1 aromatic carbocycles. The van der Waals surface area contributed by atoms with Gasteiger partial charge >= 0.3 is 6.03 Å². The summed E-state index contributed by atoms with van der Waals surface area (Å²) < 4.78 is 5.47. The summed E-state index contributed by atoms with van der Waals surface area (Å²) in [5.74, 6) is 0. The fourth-order valence-corrected chi connectivity index (χ4v) is 3.07. The minimum atomic E-state index is -0.443. The highest BCUT2D eigenvalue weighted by Crippen LogP contribution is 2.14. The first-order valence-corrected chi connectivity index (χ1v) is 8.88. The molecule has 2 rings (SSSR count). The number of carbonyl (C=O) groups excluding carboxylic acids is 1. The molecular formula is C19H30N2O3. The van der Waals surface area contributed by atoms with Crippen LogP contribution in [0.1, 0.15) is 37.8 Å². The summed E-state index contributed by atoms with van der Waals surface area (Å²) in [7, 11) is 0. The lowest BCUT2D eigenvalue weighted by Crippen LogP contribution is -2.55. The number of nitrogens with one attached hydrogen (secondary N) is 1. The van der Waals surface area contributed by atoms with Crippen LogP contribution in [0.3, 0.4) is 0 Å². The molecular weight excluding hydrogens is 304 g/mol. The smallest absolute Gasteiger partial charge is 0.318 e. The Morgan fingerprint density at radius 3 is 2.75 bits per heavy atom. The number of carbonyl (C=O) groups is 1. The molecule has 0 unspecified atom stereocenters. The van der Waals surface area contributed by atoms with Gasteiger partial charge in [0.1, 0.15) is 0 Å². The monoisotopic (exact) mass is 334 g/mol. The van der Waals surface area contributed by atoms with Crippen molar-refractivity contribution in [3.63, 3.8) is 0 Å². The second-order valence-corrected chi connectivity index (χ2v) is 6.75. The van der Waals surface area contributed by atoms with Gasteiger partial charge in [-0.15, -0.1) is 0 Å². The third kappa shape index (κ3) is 5.49. The second kappa shape index (κ2) is 9.04. The van der Waals surface area contributed by atoms with E-state index >= 15 is 0 Å². The van der Waals surface area contributed by atoms with Gasteiger partial charge in [0.25, 0.3) is 0 Å². The highest BCUT2D eigenvalue weighted by atomic mass is 16.5.